The number of nitrogens with two attached hydrogens (primary N) is 1. The van der Waals surface area contributed by atoms with Crippen molar-refractivity contribution < 1.29 is 17.6 Å². The van der Waals surface area contributed by atoms with Crippen molar-refractivity contribution in [1.29, 1.82) is 5.26 Å². The van der Waals surface area contributed by atoms with E-state index in [1.165, 1.54) is 48.7 Å². The van der Waals surface area contributed by atoms with E-state index < -0.39 is 15.7 Å². The number of carbonyl (C=O) groups excluding carboxylic acids is 1. The van der Waals surface area contributed by atoms with E-state index in [0.29, 0.717) is 11.4 Å². The fourth-order valence-electron chi connectivity index (χ4n) is 3.23. The Bertz CT molecular complexity index is 1530. The van der Waals surface area contributed by atoms with E-state index in [2.05, 4.69) is 10.3 Å². The van der Waals surface area contributed by atoms with Crippen LogP contribution < -0.4 is 11.1 Å². The number of sulfone groups is 1. The number of nitrogens with zero attached hydrogens (tertiary/aromatic N) is 2. The summed E-state index contributed by atoms with van der Waals surface area (Å²) in [4.78, 5) is 16.4. The lowest BCUT2D eigenvalue weighted by Crippen LogP contribution is -2.13. The van der Waals surface area contributed by atoms with Crippen LogP contribution in [0.2, 0.25) is 0 Å². The highest BCUT2D eigenvalue weighted by Gasteiger charge is 2.19. The summed E-state index contributed by atoms with van der Waals surface area (Å²) < 4.78 is 38.9. The number of nitriles is 1. The molecule has 0 saturated carbocycles. The van der Waals surface area contributed by atoms with Crippen molar-refractivity contribution >= 4 is 27.1 Å². The third-order valence-corrected chi connectivity index (χ3v) is 6.80. The number of hydrogen-bond donors (Lipinski definition) is 2. The van der Waals surface area contributed by atoms with Crippen LogP contribution in [0.4, 0.5) is 15.8 Å². The van der Waals surface area contributed by atoms with Crippen LogP contribution in [0.5, 0.6) is 0 Å². The molecule has 34 heavy (non-hydrogen) atoms. The summed E-state index contributed by atoms with van der Waals surface area (Å²) in [6.45, 7) is 0. The van der Waals surface area contributed by atoms with E-state index >= 15 is 0 Å². The highest BCUT2D eigenvalue weighted by atomic mass is 32.2. The third kappa shape index (κ3) is 4.62. The van der Waals surface area contributed by atoms with Crippen molar-refractivity contribution in [2.24, 2.45) is 0 Å². The first-order chi connectivity index (χ1) is 16.3. The van der Waals surface area contributed by atoms with E-state index in [0.717, 1.165) is 17.3 Å². The largest absolute Gasteiger partial charge is 0.397 e. The molecule has 168 valence electrons. The SMILES string of the molecule is N#Cc1cncc(S(=O)(=O)c2ccc(C(=O)Nc3cc(-c4ccc(F)cc4)ccc3N)cc2)c1. The molecule has 0 spiro atoms. The van der Waals surface area contributed by atoms with Crippen LogP contribution in [-0.2, 0) is 9.84 Å². The molecule has 0 aliphatic heterocycles. The van der Waals surface area contributed by atoms with Crippen LogP contribution >= 0.6 is 0 Å². The van der Waals surface area contributed by atoms with Gasteiger partial charge in [0.2, 0.25) is 9.84 Å². The Morgan fingerprint density at radius 1 is 0.912 bits per heavy atom. The average molecular weight is 473 g/mol. The van der Waals surface area contributed by atoms with E-state index in [-0.39, 0.29) is 26.7 Å². The molecule has 4 rings (SSSR count). The number of aromatic nitrogens is 1. The molecular formula is C25H17FN4O3S. The van der Waals surface area contributed by atoms with E-state index in [9.17, 15) is 17.6 Å². The van der Waals surface area contributed by atoms with Crippen molar-refractivity contribution in [3.8, 4) is 17.2 Å². The standard InChI is InChI=1S/C25H17FN4O3S/c26-20-6-1-17(2-7-20)19-5-10-23(28)24(12-19)30-25(31)18-3-8-21(9-4-18)34(32,33)22-11-16(13-27)14-29-15-22/h1-12,14-15H,28H2,(H,30,31). The Morgan fingerprint density at radius 3 is 2.26 bits per heavy atom. The minimum atomic E-state index is -3.91. The molecule has 1 aromatic heterocycles. The number of nitrogen functional groups attached to an aromatic ring is 1. The second kappa shape index (κ2) is 9.13. The van der Waals surface area contributed by atoms with Crippen molar-refractivity contribution in [2.75, 3.05) is 11.1 Å². The van der Waals surface area contributed by atoms with Crippen molar-refractivity contribution in [3.05, 3.63) is 102 Å². The molecule has 0 fully saturated rings. The first-order valence-electron chi connectivity index (χ1n) is 9.95. The topological polar surface area (TPSA) is 126 Å². The molecule has 4 aromatic rings. The number of benzene rings is 3. The Morgan fingerprint density at radius 2 is 1.59 bits per heavy atom. The molecule has 0 aliphatic rings. The smallest absolute Gasteiger partial charge is 0.255 e. The van der Waals surface area contributed by atoms with E-state index in [1.54, 1.807) is 30.3 Å². The van der Waals surface area contributed by atoms with Gasteiger partial charge in [-0.2, -0.15) is 5.26 Å². The zero-order valence-electron chi connectivity index (χ0n) is 17.6. The predicted molar refractivity (Wildman–Crippen MR) is 125 cm³/mol. The molecule has 3 aromatic carbocycles. The molecule has 3 N–H and O–H groups in total. The van der Waals surface area contributed by atoms with Crippen LogP contribution in [0.15, 0.2) is 95.0 Å². The van der Waals surface area contributed by atoms with Gasteiger partial charge in [0.05, 0.1) is 26.7 Å². The van der Waals surface area contributed by atoms with Gasteiger partial charge in [-0.15, -0.1) is 0 Å². The second-order valence-corrected chi connectivity index (χ2v) is 9.26. The van der Waals surface area contributed by atoms with Gasteiger partial charge in [0.15, 0.2) is 0 Å². The summed E-state index contributed by atoms with van der Waals surface area (Å²) in [5.41, 5.74) is 8.53. The highest BCUT2D eigenvalue weighted by Crippen LogP contribution is 2.28. The second-order valence-electron chi connectivity index (χ2n) is 7.31. The maximum Gasteiger partial charge on any atom is 0.255 e. The van der Waals surface area contributed by atoms with Gasteiger partial charge in [0.1, 0.15) is 11.9 Å². The Kier molecular flexibility index (Phi) is 6.08. The van der Waals surface area contributed by atoms with Crippen LogP contribution in [0.1, 0.15) is 15.9 Å². The summed E-state index contributed by atoms with van der Waals surface area (Å²) in [5, 5.41) is 11.7. The van der Waals surface area contributed by atoms with Gasteiger partial charge < -0.3 is 11.1 Å². The maximum atomic E-state index is 13.2. The Labute approximate surface area is 195 Å². The number of carbonyl (C=O) groups is 1. The van der Waals surface area contributed by atoms with Gasteiger partial charge in [0.25, 0.3) is 5.91 Å². The van der Waals surface area contributed by atoms with E-state index in [1.807, 2.05) is 6.07 Å². The molecule has 7 nitrogen and oxygen atoms in total. The maximum absolute atomic E-state index is 13.2. The number of anilines is 2. The number of pyridine rings is 1. The minimum absolute atomic E-state index is 0.0428. The lowest BCUT2D eigenvalue weighted by Gasteiger charge is -2.11. The summed E-state index contributed by atoms with van der Waals surface area (Å²) in [7, 11) is -3.91. The van der Waals surface area contributed by atoms with Gasteiger partial charge in [-0.3, -0.25) is 9.78 Å². The molecule has 1 amide bonds. The average Bonchev–Trinajstić information content (AvgIpc) is 2.86. The summed E-state index contributed by atoms with van der Waals surface area (Å²) in [6, 6.07) is 19.4. The van der Waals surface area contributed by atoms with Crippen molar-refractivity contribution in [2.45, 2.75) is 9.79 Å². The summed E-state index contributed by atoms with van der Waals surface area (Å²) in [5.74, 6) is -0.840. The quantitative estimate of drug-likeness (QED) is 0.414. The van der Waals surface area contributed by atoms with Gasteiger partial charge >= 0.3 is 0 Å². The first kappa shape index (κ1) is 22.6. The summed E-state index contributed by atoms with van der Waals surface area (Å²) >= 11 is 0. The zero-order valence-corrected chi connectivity index (χ0v) is 18.4. The van der Waals surface area contributed by atoms with Crippen LogP contribution in [0, 0.1) is 17.1 Å². The lowest BCUT2D eigenvalue weighted by molar-refractivity contribution is 0.102. The fourth-order valence-corrected chi connectivity index (χ4v) is 4.48. The molecule has 0 aliphatic carbocycles. The molecule has 0 saturated heterocycles. The van der Waals surface area contributed by atoms with Crippen LogP contribution in [0.3, 0.4) is 0 Å². The Hall–Kier alpha value is -4.55. The molecule has 9 heteroatoms. The van der Waals surface area contributed by atoms with Crippen molar-refractivity contribution in [1.82, 2.24) is 4.98 Å². The number of amides is 1. The fraction of sp³-hybridized carbons (Fsp3) is 0. The number of halogens is 1. The number of hydrogen-bond acceptors (Lipinski definition) is 6. The van der Waals surface area contributed by atoms with Gasteiger partial charge in [-0.1, -0.05) is 18.2 Å². The first-order valence-corrected chi connectivity index (χ1v) is 11.4. The van der Waals surface area contributed by atoms with E-state index in [4.69, 9.17) is 11.0 Å². The highest BCUT2D eigenvalue weighted by molar-refractivity contribution is 7.91. The molecule has 0 atom stereocenters. The lowest BCUT2D eigenvalue weighted by atomic mass is 10.0. The monoisotopic (exact) mass is 472 g/mol. The number of nitrogens with one attached hydrogen (secondary N) is 1. The molecule has 0 unspecified atom stereocenters. The minimum Gasteiger partial charge on any atom is -0.397 e. The molecule has 0 radical (unpaired) electrons. The Balaban J connectivity index is 1.56. The van der Waals surface area contributed by atoms with Crippen molar-refractivity contribution in [3.63, 3.8) is 0 Å². The third-order valence-electron chi connectivity index (χ3n) is 5.06. The normalized spacial score (nSPS) is 10.9. The van der Waals surface area contributed by atoms with Crippen LogP contribution in [-0.4, -0.2) is 19.3 Å². The number of rotatable bonds is 5. The van der Waals surface area contributed by atoms with Crippen LogP contribution in [0.25, 0.3) is 11.1 Å². The predicted octanol–water partition coefficient (Wildman–Crippen LogP) is 4.43. The molecule has 1 heterocycles. The molecular weight excluding hydrogens is 455 g/mol. The zero-order chi connectivity index (χ0) is 24.3. The van der Waals surface area contributed by atoms with Gasteiger partial charge in [-0.05, 0) is 65.7 Å². The van der Waals surface area contributed by atoms with Gasteiger partial charge in [0, 0.05) is 18.0 Å². The molecule has 0 bridgehead atoms. The van der Waals surface area contributed by atoms with Gasteiger partial charge in [-0.25, -0.2) is 12.8 Å². The summed E-state index contributed by atoms with van der Waals surface area (Å²) in [6.07, 6.45) is 2.43.